The Hall–Kier alpha value is -0.572. The third-order valence-electron chi connectivity index (χ3n) is 4.47. The topological polar surface area (TPSA) is 80.3 Å². The summed E-state index contributed by atoms with van der Waals surface area (Å²) >= 11 is 0. The van der Waals surface area contributed by atoms with Gasteiger partial charge in [0.05, 0.1) is 6.61 Å². The standard InChI is InChI=1S/C24H52O7Si4/c1-12-14-15-16-17-18-21-27-22(25)19-20-23(26)28-24(13-2)35(29-32(3,4)5,30-33(6,7)8)31-34(9,10)11/h19-20,24H,12-18,21H2,1-11H3/b20-19+. The molecule has 0 N–H and O–H groups in total. The maximum atomic E-state index is 12.7. The summed E-state index contributed by atoms with van der Waals surface area (Å²) in [7, 11) is -9.74. The van der Waals surface area contributed by atoms with Crippen molar-refractivity contribution in [1.82, 2.24) is 0 Å². The van der Waals surface area contributed by atoms with Gasteiger partial charge in [0.1, 0.15) is 0 Å². The van der Waals surface area contributed by atoms with Gasteiger partial charge < -0.3 is 21.8 Å². The maximum Gasteiger partial charge on any atom is 0.512 e. The highest BCUT2D eigenvalue weighted by atomic mass is 28.5. The van der Waals surface area contributed by atoms with Crippen LogP contribution in [0.3, 0.4) is 0 Å². The van der Waals surface area contributed by atoms with Crippen molar-refractivity contribution in [3.05, 3.63) is 12.2 Å². The van der Waals surface area contributed by atoms with Crippen LogP contribution in [-0.2, 0) is 31.4 Å². The third kappa shape index (κ3) is 17.5. The summed E-state index contributed by atoms with van der Waals surface area (Å²) in [5.41, 5.74) is -0.649. The van der Waals surface area contributed by atoms with Crippen LogP contribution >= 0.6 is 0 Å². The quantitative estimate of drug-likeness (QED) is 0.0783. The van der Waals surface area contributed by atoms with Crippen LogP contribution in [-0.4, -0.2) is 58.0 Å². The van der Waals surface area contributed by atoms with Gasteiger partial charge in [-0.3, -0.25) is 0 Å². The lowest BCUT2D eigenvalue weighted by Crippen LogP contribution is -2.67. The fraction of sp³-hybridized carbons (Fsp3) is 0.833. The van der Waals surface area contributed by atoms with Crippen molar-refractivity contribution in [2.45, 2.75) is 123 Å². The van der Waals surface area contributed by atoms with Crippen LogP contribution < -0.4 is 0 Å². The van der Waals surface area contributed by atoms with E-state index in [9.17, 15) is 9.59 Å². The van der Waals surface area contributed by atoms with E-state index < -0.39 is 51.4 Å². The zero-order valence-electron chi connectivity index (χ0n) is 24.2. The minimum Gasteiger partial charge on any atom is -0.463 e. The molecule has 0 aromatic carbocycles. The van der Waals surface area contributed by atoms with Gasteiger partial charge in [-0.1, -0.05) is 46.0 Å². The van der Waals surface area contributed by atoms with Crippen molar-refractivity contribution in [2.24, 2.45) is 0 Å². The zero-order chi connectivity index (χ0) is 27.3. The van der Waals surface area contributed by atoms with Crippen molar-refractivity contribution in [1.29, 1.82) is 0 Å². The van der Waals surface area contributed by atoms with Crippen molar-refractivity contribution in [3.63, 3.8) is 0 Å². The molecule has 0 rings (SSSR count). The van der Waals surface area contributed by atoms with Crippen molar-refractivity contribution >= 4 is 45.7 Å². The molecule has 0 saturated carbocycles. The Bertz CT molecular complexity index is 623. The van der Waals surface area contributed by atoms with Crippen LogP contribution in [0.2, 0.25) is 58.9 Å². The largest absolute Gasteiger partial charge is 0.512 e. The molecule has 0 amide bonds. The molecule has 0 radical (unpaired) electrons. The second-order valence-corrected chi connectivity index (χ2v) is 28.8. The van der Waals surface area contributed by atoms with E-state index in [0.29, 0.717) is 13.0 Å². The highest BCUT2D eigenvalue weighted by Crippen LogP contribution is 2.31. The van der Waals surface area contributed by atoms with Crippen molar-refractivity contribution < 1.29 is 31.4 Å². The SMILES string of the molecule is CCCCCCCCOC(=O)/C=C/C(=O)OC(CC)[Si](O[Si](C)(C)C)(O[Si](C)(C)C)O[Si](C)(C)C. The Labute approximate surface area is 219 Å². The molecule has 11 heteroatoms. The molecule has 0 heterocycles. The molecular weight excluding hydrogens is 513 g/mol. The van der Waals surface area contributed by atoms with Gasteiger partial charge in [-0.15, -0.1) is 0 Å². The Balaban J connectivity index is 5.37. The minimum atomic E-state index is -3.40. The summed E-state index contributed by atoms with van der Waals surface area (Å²) in [5.74, 6) is -1.16. The van der Waals surface area contributed by atoms with Gasteiger partial charge in [0.2, 0.25) is 0 Å². The normalized spacial score (nSPS) is 14.3. The average Bonchev–Trinajstić information content (AvgIpc) is 2.65. The molecule has 0 bridgehead atoms. The first-order chi connectivity index (χ1) is 15.9. The lowest BCUT2D eigenvalue weighted by Gasteiger charge is -2.45. The Morgan fingerprint density at radius 2 is 1.09 bits per heavy atom. The van der Waals surface area contributed by atoms with Gasteiger partial charge >= 0.3 is 20.7 Å². The van der Waals surface area contributed by atoms with E-state index in [2.05, 4.69) is 65.8 Å². The number of hydrogen-bond acceptors (Lipinski definition) is 7. The zero-order valence-corrected chi connectivity index (χ0v) is 28.2. The van der Waals surface area contributed by atoms with Gasteiger partial charge in [0.15, 0.2) is 30.7 Å². The molecule has 206 valence electrons. The summed E-state index contributed by atoms with van der Waals surface area (Å²) in [5, 5.41) is 0. The molecule has 0 aliphatic heterocycles. The van der Waals surface area contributed by atoms with Crippen LogP contribution in [0.4, 0.5) is 0 Å². The van der Waals surface area contributed by atoms with E-state index in [1.165, 1.54) is 19.3 Å². The van der Waals surface area contributed by atoms with Crippen LogP contribution in [0, 0.1) is 0 Å². The lowest BCUT2D eigenvalue weighted by molar-refractivity contribution is -0.143. The Morgan fingerprint density at radius 3 is 1.51 bits per heavy atom. The number of carbonyl (C=O) groups excluding carboxylic acids is 2. The van der Waals surface area contributed by atoms with E-state index in [-0.39, 0.29) is 0 Å². The monoisotopic (exact) mass is 564 g/mol. The molecular formula is C24H52O7Si4. The smallest absolute Gasteiger partial charge is 0.463 e. The molecule has 0 saturated heterocycles. The Kier molecular flexibility index (Phi) is 15.4. The molecule has 1 atom stereocenters. The lowest BCUT2D eigenvalue weighted by atomic mass is 10.1. The van der Waals surface area contributed by atoms with Gasteiger partial charge in [-0.2, -0.15) is 0 Å². The van der Waals surface area contributed by atoms with Crippen LogP contribution in [0.1, 0.15) is 58.8 Å². The maximum absolute atomic E-state index is 12.7. The summed E-state index contributed by atoms with van der Waals surface area (Å²) in [6, 6.07) is 0. The summed E-state index contributed by atoms with van der Waals surface area (Å²) in [4.78, 5) is 24.7. The number of carbonyl (C=O) groups is 2. The second kappa shape index (κ2) is 15.6. The average molecular weight is 565 g/mol. The van der Waals surface area contributed by atoms with E-state index in [0.717, 1.165) is 31.4 Å². The van der Waals surface area contributed by atoms with Crippen LogP contribution in [0.25, 0.3) is 0 Å². The number of rotatable bonds is 18. The first-order valence-electron chi connectivity index (χ1n) is 13.1. The minimum absolute atomic E-state index is 0.357. The predicted molar refractivity (Wildman–Crippen MR) is 153 cm³/mol. The van der Waals surface area contributed by atoms with E-state index in [4.69, 9.17) is 21.8 Å². The van der Waals surface area contributed by atoms with Crippen LogP contribution in [0.15, 0.2) is 12.2 Å². The molecule has 7 nitrogen and oxygen atoms in total. The number of unbranched alkanes of at least 4 members (excludes halogenated alkanes) is 5. The molecule has 1 unspecified atom stereocenters. The molecule has 0 aromatic heterocycles. The molecule has 35 heavy (non-hydrogen) atoms. The molecule has 0 spiro atoms. The molecule has 0 aliphatic carbocycles. The molecule has 0 fully saturated rings. The van der Waals surface area contributed by atoms with Gasteiger partial charge in [-0.05, 0) is 71.8 Å². The highest BCUT2D eigenvalue weighted by Gasteiger charge is 2.57. The Morgan fingerprint density at radius 1 is 0.657 bits per heavy atom. The molecule has 0 aliphatic rings. The summed E-state index contributed by atoms with van der Waals surface area (Å²) < 4.78 is 31.1. The van der Waals surface area contributed by atoms with Crippen molar-refractivity contribution in [3.8, 4) is 0 Å². The summed E-state index contributed by atoms with van der Waals surface area (Å²) in [6.45, 7) is 23.3. The van der Waals surface area contributed by atoms with Crippen molar-refractivity contribution in [2.75, 3.05) is 6.61 Å². The summed E-state index contributed by atoms with van der Waals surface area (Å²) in [6.07, 6.45) is 9.43. The number of hydrogen-bond donors (Lipinski definition) is 0. The fourth-order valence-electron chi connectivity index (χ4n) is 3.36. The van der Waals surface area contributed by atoms with Gasteiger partial charge in [0, 0.05) is 12.2 Å². The molecule has 0 aromatic rings. The highest BCUT2D eigenvalue weighted by molar-refractivity contribution is 6.90. The predicted octanol–water partition coefficient (Wildman–Crippen LogP) is 6.80. The van der Waals surface area contributed by atoms with Crippen LogP contribution in [0.5, 0.6) is 0 Å². The number of ether oxygens (including phenoxy) is 2. The van der Waals surface area contributed by atoms with E-state index in [1.54, 1.807) is 0 Å². The van der Waals surface area contributed by atoms with Gasteiger partial charge in [-0.25, -0.2) is 9.59 Å². The fourth-order valence-corrected chi connectivity index (χ4v) is 17.6. The third-order valence-corrected chi connectivity index (χ3v) is 16.5. The van der Waals surface area contributed by atoms with E-state index >= 15 is 0 Å². The first kappa shape index (κ1) is 34.4. The van der Waals surface area contributed by atoms with Gasteiger partial charge in [0.25, 0.3) is 0 Å². The second-order valence-electron chi connectivity index (χ2n) is 11.8. The number of esters is 2. The first-order valence-corrected chi connectivity index (χ1v) is 25.1. The van der Waals surface area contributed by atoms with E-state index in [1.807, 2.05) is 6.92 Å².